The SMILES string of the molecule is CC(OC(C#N)CN=C(N)N)OC(C#N)CNC(=N)N. The van der Waals surface area contributed by atoms with Crippen LogP contribution in [-0.2, 0) is 9.47 Å². The van der Waals surface area contributed by atoms with Crippen molar-refractivity contribution in [2.75, 3.05) is 13.1 Å². The summed E-state index contributed by atoms with van der Waals surface area (Å²) < 4.78 is 10.5. The highest BCUT2D eigenvalue weighted by Gasteiger charge is 2.17. The highest BCUT2D eigenvalue weighted by atomic mass is 16.7. The zero-order chi connectivity index (χ0) is 15.5. The molecule has 20 heavy (non-hydrogen) atoms. The summed E-state index contributed by atoms with van der Waals surface area (Å²) in [6.07, 6.45) is -2.60. The number of nitrogens with two attached hydrogens (primary N) is 3. The predicted molar refractivity (Wildman–Crippen MR) is 71.0 cm³/mol. The Labute approximate surface area is 116 Å². The Balaban J connectivity index is 4.27. The lowest BCUT2D eigenvalue weighted by molar-refractivity contribution is -0.158. The molecule has 0 spiro atoms. The maximum atomic E-state index is 8.85. The Morgan fingerprint density at radius 2 is 1.80 bits per heavy atom. The van der Waals surface area contributed by atoms with Gasteiger partial charge in [0.15, 0.2) is 30.4 Å². The molecule has 10 heteroatoms. The highest BCUT2D eigenvalue weighted by molar-refractivity contribution is 5.75. The second kappa shape index (κ2) is 9.38. The quantitative estimate of drug-likeness (QED) is 0.190. The fourth-order valence-electron chi connectivity index (χ4n) is 1.12. The number of aliphatic imine (C=N–C) groups is 1. The Hall–Kier alpha value is -2.56. The molecule has 0 aromatic carbocycles. The first kappa shape index (κ1) is 17.4. The molecular formula is C10H18N8O2. The first-order chi connectivity index (χ1) is 9.38. The Morgan fingerprint density at radius 3 is 2.25 bits per heavy atom. The number of nitrogens with one attached hydrogen (secondary N) is 2. The van der Waals surface area contributed by atoms with Crippen LogP contribution in [0.15, 0.2) is 4.99 Å². The van der Waals surface area contributed by atoms with E-state index >= 15 is 0 Å². The monoisotopic (exact) mass is 282 g/mol. The summed E-state index contributed by atoms with van der Waals surface area (Å²) in [5.41, 5.74) is 15.4. The normalized spacial score (nSPS) is 14.2. The van der Waals surface area contributed by atoms with Crippen LogP contribution in [0.4, 0.5) is 0 Å². The topological polar surface area (TPSA) is 192 Å². The molecule has 0 bridgehead atoms. The minimum absolute atomic E-state index is 0.0323. The Bertz CT molecular complexity index is 420. The van der Waals surface area contributed by atoms with Gasteiger partial charge in [0.1, 0.15) is 0 Å². The standard InChI is InChI=1S/C10H18N8O2/c1-6(19-7(2-11)4-17-9(13)14)20-8(3-12)5-18-10(15)16/h6-8H,4-5H2,1H3,(H4,13,14,17)(H4,15,16,18). The van der Waals surface area contributed by atoms with Crippen molar-refractivity contribution in [2.24, 2.45) is 22.2 Å². The van der Waals surface area contributed by atoms with Gasteiger partial charge in [0, 0.05) is 0 Å². The van der Waals surface area contributed by atoms with E-state index in [0.29, 0.717) is 0 Å². The van der Waals surface area contributed by atoms with E-state index in [2.05, 4.69) is 10.3 Å². The molecule has 0 radical (unpaired) electrons. The summed E-state index contributed by atoms with van der Waals surface area (Å²) in [5, 5.41) is 27.1. The van der Waals surface area contributed by atoms with Crippen molar-refractivity contribution in [1.82, 2.24) is 5.32 Å². The Morgan fingerprint density at radius 1 is 1.25 bits per heavy atom. The second-order valence-electron chi connectivity index (χ2n) is 3.64. The van der Waals surface area contributed by atoms with Gasteiger partial charge in [-0.25, -0.2) is 4.99 Å². The molecule has 0 amide bonds. The first-order valence-corrected chi connectivity index (χ1v) is 5.62. The molecule has 0 aromatic rings. The van der Waals surface area contributed by atoms with Gasteiger partial charge in [-0.05, 0) is 6.92 Å². The van der Waals surface area contributed by atoms with E-state index in [1.54, 1.807) is 0 Å². The van der Waals surface area contributed by atoms with Gasteiger partial charge in [-0.3, -0.25) is 5.41 Å². The third-order valence-corrected chi connectivity index (χ3v) is 1.92. The number of hydrogen-bond acceptors (Lipinski definition) is 6. The minimum Gasteiger partial charge on any atom is -0.370 e. The van der Waals surface area contributed by atoms with Gasteiger partial charge in [0.05, 0.1) is 25.2 Å². The maximum absolute atomic E-state index is 8.85. The van der Waals surface area contributed by atoms with Crippen molar-refractivity contribution in [3.05, 3.63) is 0 Å². The maximum Gasteiger partial charge on any atom is 0.186 e. The van der Waals surface area contributed by atoms with Gasteiger partial charge < -0.3 is 32.0 Å². The number of guanidine groups is 2. The van der Waals surface area contributed by atoms with Crippen LogP contribution in [0, 0.1) is 28.1 Å². The van der Waals surface area contributed by atoms with Crippen molar-refractivity contribution in [1.29, 1.82) is 15.9 Å². The van der Waals surface area contributed by atoms with E-state index in [4.69, 9.17) is 42.6 Å². The lowest BCUT2D eigenvalue weighted by Crippen LogP contribution is -2.39. The van der Waals surface area contributed by atoms with Gasteiger partial charge >= 0.3 is 0 Å². The van der Waals surface area contributed by atoms with Crippen LogP contribution in [0.5, 0.6) is 0 Å². The van der Waals surface area contributed by atoms with Crippen LogP contribution in [0.25, 0.3) is 0 Å². The number of hydrogen-bond donors (Lipinski definition) is 5. The molecule has 3 atom stereocenters. The molecule has 0 heterocycles. The molecule has 10 nitrogen and oxygen atoms in total. The number of rotatable bonds is 8. The van der Waals surface area contributed by atoms with Crippen LogP contribution in [-0.4, -0.2) is 43.5 Å². The zero-order valence-electron chi connectivity index (χ0n) is 11.0. The van der Waals surface area contributed by atoms with Gasteiger partial charge in [-0.1, -0.05) is 0 Å². The Kier molecular flexibility index (Phi) is 8.18. The van der Waals surface area contributed by atoms with E-state index in [9.17, 15) is 0 Å². The van der Waals surface area contributed by atoms with Gasteiger partial charge in [0.2, 0.25) is 0 Å². The fraction of sp³-hybridized carbons (Fsp3) is 0.600. The molecule has 0 aliphatic heterocycles. The van der Waals surface area contributed by atoms with Crippen molar-refractivity contribution < 1.29 is 9.47 Å². The summed E-state index contributed by atoms with van der Waals surface area (Å²) in [5.74, 6) is -0.423. The van der Waals surface area contributed by atoms with E-state index in [1.165, 1.54) is 6.92 Å². The molecular weight excluding hydrogens is 264 g/mol. The van der Waals surface area contributed by atoms with Crippen LogP contribution < -0.4 is 22.5 Å². The average molecular weight is 282 g/mol. The summed E-state index contributed by atoms with van der Waals surface area (Å²) in [7, 11) is 0. The molecule has 110 valence electrons. The molecule has 0 fully saturated rings. The smallest absolute Gasteiger partial charge is 0.186 e. The fourth-order valence-corrected chi connectivity index (χ4v) is 1.12. The summed E-state index contributed by atoms with van der Waals surface area (Å²) in [6.45, 7) is 1.53. The van der Waals surface area contributed by atoms with Crippen LogP contribution in [0.3, 0.4) is 0 Å². The molecule has 0 rings (SSSR count). The largest absolute Gasteiger partial charge is 0.370 e. The minimum atomic E-state index is -0.896. The average Bonchev–Trinajstić information content (AvgIpc) is 2.38. The molecule has 0 aliphatic carbocycles. The summed E-state index contributed by atoms with van der Waals surface area (Å²) in [4.78, 5) is 3.65. The van der Waals surface area contributed by atoms with Crippen LogP contribution in [0.1, 0.15) is 6.92 Å². The van der Waals surface area contributed by atoms with E-state index in [0.717, 1.165) is 0 Å². The van der Waals surface area contributed by atoms with Crippen molar-refractivity contribution in [3.8, 4) is 12.1 Å². The number of nitriles is 2. The third kappa shape index (κ3) is 8.52. The van der Waals surface area contributed by atoms with Gasteiger partial charge in [-0.15, -0.1) is 0 Å². The van der Waals surface area contributed by atoms with E-state index in [-0.39, 0.29) is 25.0 Å². The second-order valence-corrected chi connectivity index (χ2v) is 3.64. The zero-order valence-corrected chi connectivity index (χ0v) is 11.0. The van der Waals surface area contributed by atoms with E-state index < -0.39 is 18.5 Å². The van der Waals surface area contributed by atoms with Crippen LogP contribution >= 0.6 is 0 Å². The van der Waals surface area contributed by atoms with E-state index in [1.807, 2.05) is 12.1 Å². The third-order valence-electron chi connectivity index (χ3n) is 1.92. The van der Waals surface area contributed by atoms with Gasteiger partial charge in [-0.2, -0.15) is 10.5 Å². The molecule has 0 aliphatic rings. The van der Waals surface area contributed by atoms with Crippen LogP contribution in [0.2, 0.25) is 0 Å². The number of ether oxygens (including phenoxy) is 2. The lowest BCUT2D eigenvalue weighted by atomic mass is 10.4. The molecule has 0 saturated carbocycles. The molecule has 0 aromatic heterocycles. The van der Waals surface area contributed by atoms with Gasteiger partial charge in [0.25, 0.3) is 0 Å². The van der Waals surface area contributed by atoms with Crippen molar-refractivity contribution >= 4 is 11.9 Å². The molecule has 0 saturated heterocycles. The highest BCUT2D eigenvalue weighted by Crippen LogP contribution is 2.03. The first-order valence-electron chi connectivity index (χ1n) is 5.62. The summed E-state index contributed by atoms with van der Waals surface area (Å²) >= 11 is 0. The molecule has 8 N–H and O–H groups in total. The van der Waals surface area contributed by atoms with Crippen molar-refractivity contribution in [2.45, 2.75) is 25.4 Å². The molecule has 3 unspecified atom stereocenters. The van der Waals surface area contributed by atoms with Crippen molar-refractivity contribution in [3.63, 3.8) is 0 Å². The lowest BCUT2D eigenvalue weighted by Gasteiger charge is -2.20. The predicted octanol–water partition coefficient (Wildman–Crippen LogP) is -2.09. The summed E-state index contributed by atoms with van der Waals surface area (Å²) in [6, 6.07) is 3.72. The number of nitrogens with zero attached hydrogens (tertiary/aromatic N) is 3.